The molecule has 0 aliphatic carbocycles. The fourth-order valence-electron chi connectivity index (χ4n) is 3.88. The van der Waals surface area contributed by atoms with E-state index in [1.807, 2.05) is 57.3 Å². The van der Waals surface area contributed by atoms with E-state index in [4.69, 9.17) is 4.98 Å². The Morgan fingerprint density at radius 1 is 0.897 bits per heavy atom. The van der Waals surface area contributed by atoms with E-state index < -0.39 is 0 Å². The molecule has 0 spiro atoms. The van der Waals surface area contributed by atoms with Gasteiger partial charge in [-0.2, -0.15) is 0 Å². The smallest absolute Gasteiger partial charge is 0.230 e. The van der Waals surface area contributed by atoms with Crippen molar-refractivity contribution in [2.45, 2.75) is 33.6 Å². The van der Waals surface area contributed by atoms with Gasteiger partial charge in [0.05, 0.1) is 12.4 Å². The highest BCUT2D eigenvalue weighted by Crippen LogP contribution is 2.34. The summed E-state index contributed by atoms with van der Waals surface area (Å²) in [5.74, 6) is 1.17. The first-order valence-electron chi connectivity index (χ1n) is 10.0. The van der Waals surface area contributed by atoms with Gasteiger partial charge in [0.2, 0.25) is 0 Å². The third kappa shape index (κ3) is 3.42. The zero-order valence-corrected chi connectivity index (χ0v) is 17.6. The van der Waals surface area contributed by atoms with Gasteiger partial charge in [-0.05, 0) is 58.8 Å². The summed E-state index contributed by atoms with van der Waals surface area (Å²) in [7, 11) is 2.03. The van der Waals surface area contributed by atoms with Gasteiger partial charge in [-0.15, -0.1) is 0 Å². The van der Waals surface area contributed by atoms with Crippen LogP contribution in [0.25, 0.3) is 33.3 Å². The van der Waals surface area contributed by atoms with Crippen LogP contribution in [-0.4, -0.2) is 4.98 Å². The normalized spacial score (nSPS) is 11.4. The van der Waals surface area contributed by atoms with Crippen LogP contribution in [0, 0.1) is 19.7 Å². The van der Waals surface area contributed by atoms with E-state index in [0.29, 0.717) is 11.5 Å². The Labute approximate surface area is 171 Å². The monoisotopic (exact) mass is 385 g/mol. The third-order valence-corrected chi connectivity index (χ3v) is 5.70. The minimum absolute atomic E-state index is 0.197. The molecule has 146 valence electrons. The summed E-state index contributed by atoms with van der Waals surface area (Å²) in [5, 5.41) is 1.08. The number of halogens is 1. The molecular weight excluding hydrogens is 359 g/mol. The Kier molecular flexibility index (Phi) is 4.91. The molecule has 0 radical (unpaired) electrons. The van der Waals surface area contributed by atoms with E-state index in [0.717, 1.165) is 39.1 Å². The summed E-state index contributed by atoms with van der Waals surface area (Å²) in [6, 6.07) is 19.8. The van der Waals surface area contributed by atoms with E-state index in [-0.39, 0.29) is 5.82 Å². The molecule has 4 aromatic rings. The largest absolute Gasteiger partial charge is 0.296 e. The number of aryl methyl sites for hydroxylation is 2. The molecule has 0 unspecified atom stereocenters. The molecule has 0 aliphatic rings. The molecule has 0 saturated heterocycles. The fraction of sp³-hybridized carbons (Fsp3) is 0.231. The molecule has 3 heteroatoms. The molecule has 3 aromatic carbocycles. The van der Waals surface area contributed by atoms with Crippen LogP contribution in [0.2, 0.25) is 0 Å². The van der Waals surface area contributed by atoms with Crippen LogP contribution in [0.3, 0.4) is 0 Å². The lowest BCUT2D eigenvalue weighted by Gasteiger charge is -2.14. The van der Waals surface area contributed by atoms with Gasteiger partial charge >= 0.3 is 0 Å². The molecule has 0 fully saturated rings. The molecule has 0 amide bonds. The second kappa shape index (κ2) is 7.40. The predicted octanol–water partition coefficient (Wildman–Crippen LogP) is 6.27. The predicted molar refractivity (Wildman–Crippen MR) is 117 cm³/mol. The summed E-state index contributed by atoms with van der Waals surface area (Å²) in [4.78, 5) is 4.82. The van der Waals surface area contributed by atoms with Crippen molar-refractivity contribution in [2.75, 3.05) is 0 Å². The number of fused-ring (bicyclic) bond motifs is 1. The number of rotatable bonds is 3. The van der Waals surface area contributed by atoms with Crippen LogP contribution in [0.4, 0.5) is 4.39 Å². The van der Waals surface area contributed by atoms with E-state index >= 15 is 0 Å². The van der Waals surface area contributed by atoms with Gasteiger partial charge in [-0.3, -0.25) is 0 Å². The lowest BCUT2D eigenvalue weighted by Crippen LogP contribution is -2.36. The molecule has 29 heavy (non-hydrogen) atoms. The van der Waals surface area contributed by atoms with Crippen LogP contribution in [0.5, 0.6) is 0 Å². The minimum Gasteiger partial charge on any atom is -0.230 e. The highest BCUT2D eigenvalue weighted by atomic mass is 19.1. The second-order valence-electron chi connectivity index (χ2n) is 8.01. The van der Waals surface area contributed by atoms with Crippen molar-refractivity contribution in [1.82, 2.24) is 4.98 Å². The highest BCUT2D eigenvalue weighted by Gasteiger charge is 2.22. The van der Waals surface area contributed by atoms with Crippen LogP contribution in [0.15, 0.2) is 60.7 Å². The number of benzene rings is 3. The highest BCUT2D eigenvalue weighted by molar-refractivity contribution is 5.92. The first-order valence-corrected chi connectivity index (χ1v) is 10.0. The van der Waals surface area contributed by atoms with Gasteiger partial charge in [0.15, 0.2) is 5.52 Å². The van der Waals surface area contributed by atoms with Crippen molar-refractivity contribution in [3.63, 3.8) is 0 Å². The summed E-state index contributed by atoms with van der Waals surface area (Å²) in [6.45, 7) is 8.36. The summed E-state index contributed by atoms with van der Waals surface area (Å²) >= 11 is 0. The Bertz CT molecular complexity index is 1210. The van der Waals surface area contributed by atoms with Gasteiger partial charge in [0.25, 0.3) is 5.82 Å². The van der Waals surface area contributed by atoms with E-state index in [9.17, 15) is 4.39 Å². The number of nitrogens with zero attached hydrogens (tertiary/aromatic N) is 2. The van der Waals surface area contributed by atoms with Gasteiger partial charge in [-0.25, -0.2) is 8.96 Å². The van der Waals surface area contributed by atoms with Gasteiger partial charge < -0.3 is 0 Å². The summed E-state index contributed by atoms with van der Waals surface area (Å²) in [6.07, 6.45) is 0. The Hall–Kier alpha value is -3.07. The van der Waals surface area contributed by atoms with Crippen LogP contribution < -0.4 is 4.57 Å². The molecule has 1 heterocycles. The third-order valence-electron chi connectivity index (χ3n) is 5.70. The second-order valence-corrected chi connectivity index (χ2v) is 8.01. The number of aromatic nitrogens is 2. The van der Waals surface area contributed by atoms with Crippen LogP contribution in [0.1, 0.15) is 36.7 Å². The molecule has 1 aromatic heterocycles. The zero-order valence-electron chi connectivity index (χ0n) is 17.6. The standard InChI is InChI=1S/C26H26FN2/c1-16(2)20-11-12-21-25(14-20)28-18(4)29(5)26(21)22-15-23(24(27)13-17(22)3)19-9-7-6-8-10-19/h6-16H,1-5H3/q+1. The fourth-order valence-corrected chi connectivity index (χ4v) is 3.88. The number of hydrogen-bond acceptors (Lipinski definition) is 1. The summed E-state index contributed by atoms with van der Waals surface area (Å²) < 4.78 is 17.0. The van der Waals surface area contributed by atoms with E-state index in [1.54, 1.807) is 6.07 Å². The maximum Gasteiger partial charge on any atom is 0.296 e. The molecule has 0 saturated carbocycles. The first-order chi connectivity index (χ1) is 13.9. The van der Waals surface area contributed by atoms with E-state index in [1.165, 1.54) is 5.56 Å². The first kappa shape index (κ1) is 19.3. The molecule has 0 N–H and O–H groups in total. The SMILES string of the molecule is Cc1cc(F)c(-c2ccccc2)cc1-c1c2ccc(C(C)C)cc2nc(C)[n+]1C. The number of hydrogen-bond donors (Lipinski definition) is 0. The molecule has 0 atom stereocenters. The molecule has 4 rings (SSSR count). The van der Waals surface area contributed by atoms with Crippen molar-refractivity contribution in [2.24, 2.45) is 7.05 Å². The Balaban J connectivity index is 2.03. The van der Waals surface area contributed by atoms with Gasteiger partial charge in [0, 0.05) is 18.1 Å². The maximum atomic E-state index is 14.8. The zero-order chi connectivity index (χ0) is 20.7. The topological polar surface area (TPSA) is 16.8 Å². The van der Waals surface area contributed by atoms with Crippen molar-refractivity contribution in [3.05, 3.63) is 83.4 Å². The van der Waals surface area contributed by atoms with Crippen molar-refractivity contribution >= 4 is 10.9 Å². The minimum atomic E-state index is -0.197. The molecule has 0 aliphatic heterocycles. The summed E-state index contributed by atoms with van der Waals surface area (Å²) in [5.41, 5.74) is 6.76. The van der Waals surface area contributed by atoms with Gasteiger partial charge in [-0.1, -0.05) is 50.2 Å². The van der Waals surface area contributed by atoms with Gasteiger partial charge in [0.1, 0.15) is 11.5 Å². The quantitative estimate of drug-likeness (QED) is 0.380. The van der Waals surface area contributed by atoms with Crippen LogP contribution in [-0.2, 0) is 7.05 Å². The van der Waals surface area contributed by atoms with E-state index in [2.05, 4.69) is 36.6 Å². The lowest BCUT2D eigenvalue weighted by molar-refractivity contribution is -0.668. The average molecular weight is 386 g/mol. The molecular formula is C26H26FN2+. The Morgan fingerprint density at radius 3 is 2.31 bits per heavy atom. The lowest BCUT2D eigenvalue weighted by atomic mass is 9.94. The Morgan fingerprint density at radius 2 is 1.62 bits per heavy atom. The maximum absolute atomic E-state index is 14.8. The average Bonchev–Trinajstić information content (AvgIpc) is 2.70. The van der Waals surface area contributed by atoms with Crippen LogP contribution >= 0.6 is 0 Å². The van der Waals surface area contributed by atoms with Crippen molar-refractivity contribution in [1.29, 1.82) is 0 Å². The molecule has 2 nitrogen and oxygen atoms in total. The van der Waals surface area contributed by atoms with Crippen molar-refractivity contribution in [3.8, 4) is 22.4 Å². The molecule has 0 bridgehead atoms. The van der Waals surface area contributed by atoms with Crippen molar-refractivity contribution < 1.29 is 8.96 Å².